The number of rotatable bonds is 2. The van der Waals surface area contributed by atoms with Crippen molar-refractivity contribution < 1.29 is 4.79 Å². The SMILES string of the molecule is CN1C(=O)CCC[C@]12CCCN(Cc1cnn(C)c1)C2. The molecule has 3 rings (SSSR count). The lowest BCUT2D eigenvalue weighted by Gasteiger charge is -2.50. The van der Waals surface area contributed by atoms with Gasteiger partial charge < -0.3 is 4.90 Å². The highest BCUT2D eigenvalue weighted by Gasteiger charge is 2.43. The van der Waals surface area contributed by atoms with Crippen LogP contribution in [0.4, 0.5) is 0 Å². The summed E-state index contributed by atoms with van der Waals surface area (Å²) < 4.78 is 1.85. The standard InChI is InChI=1S/C15H24N4O/c1-17-10-13(9-16-17)11-19-8-4-7-15(12-19)6-3-5-14(20)18(15)2/h9-10H,3-8,11-12H2,1-2H3/t15-/m1/s1. The van der Waals surface area contributed by atoms with Crippen molar-refractivity contribution in [3.8, 4) is 0 Å². The van der Waals surface area contributed by atoms with Crippen molar-refractivity contribution in [1.82, 2.24) is 19.6 Å². The van der Waals surface area contributed by atoms with Crippen LogP contribution in [-0.4, -0.2) is 51.2 Å². The van der Waals surface area contributed by atoms with Crippen LogP contribution in [0.25, 0.3) is 0 Å². The van der Waals surface area contributed by atoms with E-state index in [1.54, 1.807) is 0 Å². The molecule has 1 aromatic heterocycles. The number of aromatic nitrogens is 2. The van der Waals surface area contributed by atoms with Gasteiger partial charge >= 0.3 is 0 Å². The molecule has 0 bridgehead atoms. The first-order valence-electron chi connectivity index (χ1n) is 7.56. The lowest BCUT2D eigenvalue weighted by molar-refractivity contribution is -0.142. The molecular weight excluding hydrogens is 252 g/mol. The van der Waals surface area contributed by atoms with Gasteiger partial charge in [-0.25, -0.2) is 0 Å². The zero-order valence-corrected chi connectivity index (χ0v) is 12.5. The van der Waals surface area contributed by atoms with Gasteiger partial charge in [0, 0.05) is 45.4 Å². The maximum Gasteiger partial charge on any atom is 0.222 e. The van der Waals surface area contributed by atoms with Crippen molar-refractivity contribution in [2.24, 2.45) is 7.05 Å². The molecule has 3 heterocycles. The van der Waals surface area contributed by atoms with E-state index in [2.05, 4.69) is 16.2 Å². The summed E-state index contributed by atoms with van der Waals surface area (Å²) >= 11 is 0. The molecule has 110 valence electrons. The second-order valence-electron chi connectivity index (χ2n) is 6.37. The third-order valence-corrected chi connectivity index (χ3v) is 4.92. The molecule has 1 spiro atoms. The molecule has 2 fully saturated rings. The predicted molar refractivity (Wildman–Crippen MR) is 77.1 cm³/mol. The van der Waals surface area contributed by atoms with E-state index in [0.717, 1.165) is 45.3 Å². The Bertz CT molecular complexity index is 494. The highest BCUT2D eigenvalue weighted by molar-refractivity contribution is 5.77. The normalized spacial score (nSPS) is 28.3. The van der Waals surface area contributed by atoms with E-state index in [1.165, 1.54) is 12.0 Å². The van der Waals surface area contributed by atoms with Crippen LogP contribution in [0, 0.1) is 0 Å². The second-order valence-corrected chi connectivity index (χ2v) is 6.37. The predicted octanol–water partition coefficient (Wildman–Crippen LogP) is 1.40. The Kier molecular flexibility index (Phi) is 3.54. The molecule has 0 unspecified atom stereocenters. The number of likely N-dealkylation sites (N-methyl/N-ethyl adjacent to an activating group) is 1. The minimum atomic E-state index is 0.0792. The summed E-state index contributed by atoms with van der Waals surface area (Å²) in [6.45, 7) is 3.07. The molecule has 5 heteroatoms. The molecule has 5 nitrogen and oxygen atoms in total. The molecule has 0 saturated carbocycles. The minimum Gasteiger partial charge on any atom is -0.339 e. The van der Waals surface area contributed by atoms with Crippen LogP contribution >= 0.6 is 0 Å². The number of hydrogen-bond donors (Lipinski definition) is 0. The first-order valence-corrected chi connectivity index (χ1v) is 7.56. The molecule has 0 radical (unpaired) electrons. The van der Waals surface area contributed by atoms with E-state index in [4.69, 9.17) is 0 Å². The van der Waals surface area contributed by atoms with E-state index in [1.807, 2.05) is 29.9 Å². The first kappa shape index (κ1) is 13.6. The minimum absolute atomic E-state index is 0.0792. The highest BCUT2D eigenvalue weighted by Crippen LogP contribution is 2.35. The number of nitrogens with zero attached hydrogens (tertiary/aromatic N) is 4. The van der Waals surface area contributed by atoms with Crippen LogP contribution in [0.1, 0.15) is 37.7 Å². The lowest BCUT2D eigenvalue weighted by Crippen LogP contribution is -2.60. The van der Waals surface area contributed by atoms with Gasteiger partial charge in [0.05, 0.1) is 11.7 Å². The number of piperidine rings is 2. The van der Waals surface area contributed by atoms with Crippen molar-refractivity contribution >= 4 is 5.91 Å². The third-order valence-electron chi connectivity index (χ3n) is 4.92. The number of aryl methyl sites for hydroxylation is 1. The number of hydrogen-bond acceptors (Lipinski definition) is 3. The van der Waals surface area contributed by atoms with Crippen LogP contribution in [0.3, 0.4) is 0 Å². The average molecular weight is 276 g/mol. The van der Waals surface area contributed by atoms with Gasteiger partial charge in [0.25, 0.3) is 0 Å². The molecular formula is C15H24N4O. The molecule has 0 aromatic carbocycles. The van der Waals surface area contributed by atoms with Gasteiger partial charge in [-0.3, -0.25) is 14.4 Å². The largest absolute Gasteiger partial charge is 0.339 e. The molecule has 0 N–H and O–H groups in total. The van der Waals surface area contributed by atoms with Gasteiger partial charge in [-0.2, -0.15) is 5.10 Å². The van der Waals surface area contributed by atoms with Crippen LogP contribution in [0.15, 0.2) is 12.4 Å². The number of carbonyl (C=O) groups excluding carboxylic acids is 1. The Morgan fingerprint density at radius 1 is 1.30 bits per heavy atom. The Balaban J connectivity index is 1.71. The Labute approximate surface area is 120 Å². The van der Waals surface area contributed by atoms with Crippen LogP contribution in [0.5, 0.6) is 0 Å². The van der Waals surface area contributed by atoms with Gasteiger partial charge in [-0.15, -0.1) is 0 Å². The molecule has 1 atom stereocenters. The maximum absolute atomic E-state index is 12.0. The second kappa shape index (κ2) is 5.20. The van der Waals surface area contributed by atoms with Crippen molar-refractivity contribution in [2.45, 2.75) is 44.2 Å². The fourth-order valence-corrected chi connectivity index (χ4v) is 3.80. The molecule has 20 heavy (non-hydrogen) atoms. The van der Waals surface area contributed by atoms with Crippen molar-refractivity contribution in [3.05, 3.63) is 18.0 Å². The number of amides is 1. The molecule has 2 aliphatic heterocycles. The molecule has 0 aliphatic carbocycles. The van der Waals surface area contributed by atoms with Gasteiger partial charge in [0.2, 0.25) is 5.91 Å². The van der Waals surface area contributed by atoms with Crippen LogP contribution in [-0.2, 0) is 18.4 Å². The van der Waals surface area contributed by atoms with E-state index >= 15 is 0 Å². The first-order chi connectivity index (χ1) is 9.59. The Morgan fingerprint density at radius 3 is 2.85 bits per heavy atom. The number of carbonyl (C=O) groups is 1. The molecule has 1 amide bonds. The van der Waals surface area contributed by atoms with Gasteiger partial charge in [0.15, 0.2) is 0 Å². The summed E-state index contributed by atoms with van der Waals surface area (Å²) in [5, 5.41) is 4.24. The summed E-state index contributed by atoms with van der Waals surface area (Å²) in [5.74, 6) is 0.319. The van der Waals surface area contributed by atoms with E-state index in [0.29, 0.717) is 5.91 Å². The van der Waals surface area contributed by atoms with Crippen LogP contribution in [0.2, 0.25) is 0 Å². The zero-order chi connectivity index (χ0) is 14.2. The molecule has 1 aromatic rings. The summed E-state index contributed by atoms with van der Waals surface area (Å²) in [7, 11) is 3.95. The van der Waals surface area contributed by atoms with E-state index in [9.17, 15) is 4.79 Å². The summed E-state index contributed by atoms with van der Waals surface area (Å²) in [6.07, 6.45) is 9.27. The Hall–Kier alpha value is -1.36. The quantitative estimate of drug-likeness (QED) is 0.820. The maximum atomic E-state index is 12.0. The highest BCUT2D eigenvalue weighted by atomic mass is 16.2. The Morgan fingerprint density at radius 2 is 2.10 bits per heavy atom. The zero-order valence-electron chi connectivity index (χ0n) is 12.5. The smallest absolute Gasteiger partial charge is 0.222 e. The number of likely N-dealkylation sites (tertiary alicyclic amines) is 2. The summed E-state index contributed by atoms with van der Waals surface area (Å²) in [4.78, 5) is 16.5. The summed E-state index contributed by atoms with van der Waals surface area (Å²) in [5.41, 5.74) is 1.34. The topological polar surface area (TPSA) is 41.4 Å². The third kappa shape index (κ3) is 2.46. The van der Waals surface area contributed by atoms with Crippen molar-refractivity contribution in [1.29, 1.82) is 0 Å². The van der Waals surface area contributed by atoms with Gasteiger partial charge in [0.1, 0.15) is 0 Å². The van der Waals surface area contributed by atoms with Gasteiger partial charge in [-0.05, 0) is 32.2 Å². The molecule has 2 saturated heterocycles. The fourth-order valence-electron chi connectivity index (χ4n) is 3.80. The fraction of sp³-hybridized carbons (Fsp3) is 0.733. The monoisotopic (exact) mass is 276 g/mol. The summed E-state index contributed by atoms with van der Waals surface area (Å²) in [6, 6.07) is 0. The van der Waals surface area contributed by atoms with E-state index < -0.39 is 0 Å². The molecule has 2 aliphatic rings. The van der Waals surface area contributed by atoms with Gasteiger partial charge in [-0.1, -0.05) is 0 Å². The average Bonchev–Trinajstić information content (AvgIpc) is 2.82. The van der Waals surface area contributed by atoms with Crippen molar-refractivity contribution in [3.63, 3.8) is 0 Å². The lowest BCUT2D eigenvalue weighted by atomic mass is 9.80. The van der Waals surface area contributed by atoms with E-state index in [-0.39, 0.29) is 5.54 Å². The van der Waals surface area contributed by atoms with Crippen LogP contribution < -0.4 is 0 Å². The van der Waals surface area contributed by atoms with Crippen molar-refractivity contribution in [2.75, 3.05) is 20.1 Å².